The van der Waals surface area contributed by atoms with Crippen LogP contribution in [0.2, 0.25) is 5.02 Å². The van der Waals surface area contributed by atoms with Crippen LogP contribution in [-0.4, -0.2) is 22.2 Å². The Morgan fingerprint density at radius 3 is 3.00 bits per heavy atom. The van der Waals surface area contributed by atoms with Gasteiger partial charge in [0.15, 0.2) is 0 Å². The van der Waals surface area contributed by atoms with E-state index in [0.29, 0.717) is 22.8 Å². The quantitative estimate of drug-likeness (QED) is 0.894. The zero-order valence-electron chi connectivity index (χ0n) is 10.6. The summed E-state index contributed by atoms with van der Waals surface area (Å²) in [4.78, 5) is 12.2. The second kappa shape index (κ2) is 6.26. The number of hydrogen-bond donors (Lipinski definition) is 2. The fourth-order valence-corrected chi connectivity index (χ4v) is 2.31. The average Bonchev–Trinajstić information content (AvgIpc) is 2.85. The fraction of sp³-hybridized carbons (Fsp3) is 0.231. The lowest BCUT2D eigenvalue weighted by Crippen LogP contribution is -2.30. The highest BCUT2D eigenvalue weighted by molar-refractivity contribution is 6.33. The van der Waals surface area contributed by atoms with E-state index in [0.717, 1.165) is 18.8 Å². The highest BCUT2D eigenvalue weighted by atomic mass is 35.5. The summed E-state index contributed by atoms with van der Waals surface area (Å²) in [6.07, 6.45) is 1.61. The number of nitrogens with zero attached hydrogens (tertiary/aromatic N) is 2. The predicted octanol–water partition coefficient (Wildman–Crippen LogP) is 2.31. The van der Waals surface area contributed by atoms with Crippen LogP contribution >= 0.6 is 24.0 Å². The number of anilines is 1. The van der Waals surface area contributed by atoms with Gasteiger partial charge in [0.2, 0.25) is 0 Å². The second-order valence-corrected chi connectivity index (χ2v) is 4.75. The molecule has 1 amide bonds. The summed E-state index contributed by atoms with van der Waals surface area (Å²) >= 11 is 6.03. The predicted molar refractivity (Wildman–Crippen MR) is 80.6 cm³/mol. The van der Waals surface area contributed by atoms with E-state index >= 15 is 0 Å². The summed E-state index contributed by atoms with van der Waals surface area (Å²) < 4.78 is 1.86. The molecule has 1 aromatic heterocycles. The van der Waals surface area contributed by atoms with Gasteiger partial charge in [-0.15, -0.1) is 12.4 Å². The third kappa shape index (κ3) is 2.80. The van der Waals surface area contributed by atoms with E-state index in [1.807, 2.05) is 16.8 Å². The molecule has 0 saturated carbocycles. The standard InChI is InChI=1S/C13H13ClN4O.ClH/c14-10-3-1-2-4-11(10)17-13(19)9-7-16-18-6-5-15-8-12(9)18;/h1-4,7,15H,5-6,8H2,(H,17,19);1H. The van der Waals surface area contributed by atoms with Crippen molar-refractivity contribution < 1.29 is 4.79 Å². The van der Waals surface area contributed by atoms with Crippen LogP contribution in [0.5, 0.6) is 0 Å². The van der Waals surface area contributed by atoms with Gasteiger partial charge in [0.05, 0.1) is 34.7 Å². The molecule has 2 heterocycles. The third-order valence-electron chi connectivity index (χ3n) is 3.11. The molecule has 5 nitrogen and oxygen atoms in total. The van der Waals surface area contributed by atoms with Gasteiger partial charge in [-0.2, -0.15) is 5.10 Å². The number of aromatic nitrogens is 2. The van der Waals surface area contributed by atoms with Gasteiger partial charge in [-0.25, -0.2) is 0 Å². The first-order chi connectivity index (χ1) is 9.25. The van der Waals surface area contributed by atoms with Gasteiger partial charge in [-0.3, -0.25) is 9.48 Å². The van der Waals surface area contributed by atoms with Crippen molar-refractivity contribution >= 4 is 35.6 Å². The molecule has 1 aliphatic heterocycles. The molecule has 1 aliphatic rings. The van der Waals surface area contributed by atoms with Gasteiger partial charge in [0, 0.05) is 13.1 Å². The lowest BCUT2D eigenvalue weighted by atomic mass is 10.2. The molecule has 106 valence electrons. The molecule has 1 aromatic carbocycles. The lowest BCUT2D eigenvalue weighted by Gasteiger charge is -2.16. The van der Waals surface area contributed by atoms with Crippen LogP contribution in [0.3, 0.4) is 0 Å². The smallest absolute Gasteiger partial charge is 0.259 e. The number of nitrogens with one attached hydrogen (secondary N) is 2. The number of fused-ring (bicyclic) bond motifs is 1. The number of hydrogen-bond acceptors (Lipinski definition) is 3. The van der Waals surface area contributed by atoms with Crippen molar-refractivity contribution in [3.05, 3.63) is 46.7 Å². The Bertz CT molecular complexity index is 627. The molecule has 0 bridgehead atoms. The maximum atomic E-state index is 12.2. The van der Waals surface area contributed by atoms with Crippen LogP contribution in [0, 0.1) is 0 Å². The SMILES string of the molecule is Cl.O=C(Nc1ccccc1Cl)c1cnn2c1CNCC2. The number of carbonyl (C=O) groups excluding carboxylic acids is 1. The zero-order valence-corrected chi connectivity index (χ0v) is 12.2. The average molecular weight is 313 g/mol. The molecule has 0 atom stereocenters. The summed E-state index contributed by atoms with van der Waals surface area (Å²) in [6.45, 7) is 2.32. The molecule has 0 fully saturated rings. The second-order valence-electron chi connectivity index (χ2n) is 4.34. The Labute approximate surface area is 127 Å². The first-order valence-electron chi connectivity index (χ1n) is 6.07. The maximum absolute atomic E-state index is 12.2. The summed E-state index contributed by atoms with van der Waals surface area (Å²) in [7, 11) is 0. The third-order valence-corrected chi connectivity index (χ3v) is 3.44. The molecule has 3 rings (SSSR count). The Kier molecular flexibility index (Phi) is 4.65. The van der Waals surface area contributed by atoms with Crippen molar-refractivity contribution in [2.45, 2.75) is 13.1 Å². The lowest BCUT2D eigenvalue weighted by molar-refractivity contribution is 0.102. The van der Waals surface area contributed by atoms with Gasteiger partial charge < -0.3 is 10.6 Å². The Morgan fingerprint density at radius 1 is 1.40 bits per heavy atom. The van der Waals surface area contributed by atoms with Crippen molar-refractivity contribution in [3.8, 4) is 0 Å². The van der Waals surface area contributed by atoms with Crippen molar-refractivity contribution in [1.82, 2.24) is 15.1 Å². The van der Waals surface area contributed by atoms with Crippen molar-refractivity contribution in [2.24, 2.45) is 0 Å². The summed E-state index contributed by atoms with van der Waals surface area (Å²) in [5, 5.41) is 10.8. The molecule has 0 radical (unpaired) electrons. The van der Waals surface area contributed by atoms with Crippen LogP contribution in [0.15, 0.2) is 30.5 Å². The molecular weight excluding hydrogens is 299 g/mol. The van der Waals surface area contributed by atoms with Gasteiger partial charge in [-0.05, 0) is 12.1 Å². The number of amides is 1. The van der Waals surface area contributed by atoms with E-state index in [1.54, 1.807) is 18.3 Å². The van der Waals surface area contributed by atoms with Crippen LogP contribution in [0.4, 0.5) is 5.69 Å². The molecule has 7 heteroatoms. The highest BCUT2D eigenvalue weighted by Crippen LogP contribution is 2.22. The minimum Gasteiger partial charge on any atom is -0.321 e. The van der Waals surface area contributed by atoms with Crippen LogP contribution in [-0.2, 0) is 13.1 Å². The Balaban J connectivity index is 0.00000147. The first kappa shape index (κ1) is 14.8. The summed E-state index contributed by atoms with van der Waals surface area (Å²) in [5.74, 6) is -0.182. The van der Waals surface area contributed by atoms with Crippen LogP contribution in [0.25, 0.3) is 0 Å². The van der Waals surface area contributed by atoms with E-state index in [2.05, 4.69) is 15.7 Å². The summed E-state index contributed by atoms with van der Waals surface area (Å²) in [5.41, 5.74) is 2.11. The van der Waals surface area contributed by atoms with Gasteiger partial charge in [0.25, 0.3) is 5.91 Å². The van der Waals surface area contributed by atoms with E-state index < -0.39 is 0 Å². The molecule has 0 aliphatic carbocycles. The minimum absolute atomic E-state index is 0. The van der Waals surface area contributed by atoms with E-state index in [-0.39, 0.29) is 18.3 Å². The highest BCUT2D eigenvalue weighted by Gasteiger charge is 2.19. The van der Waals surface area contributed by atoms with Gasteiger partial charge in [0.1, 0.15) is 0 Å². The topological polar surface area (TPSA) is 59.0 Å². The zero-order chi connectivity index (χ0) is 13.2. The maximum Gasteiger partial charge on any atom is 0.259 e. The number of carbonyl (C=O) groups is 1. The van der Waals surface area contributed by atoms with Crippen LogP contribution in [0.1, 0.15) is 16.1 Å². The van der Waals surface area contributed by atoms with E-state index in [9.17, 15) is 4.79 Å². The molecule has 2 N–H and O–H groups in total. The molecule has 0 spiro atoms. The number of para-hydroxylation sites is 1. The Hall–Kier alpha value is -1.56. The number of benzene rings is 1. The minimum atomic E-state index is -0.182. The number of rotatable bonds is 2. The Morgan fingerprint density at radius 2 is 2.20 bits per heavy atom. The monoisotopic (exact) mass is 312 g/mol. The van der Waals surface area contributed by atoms with Gasteiger partial charge in [-0.1, -0.05) is 23.7 Å². The molecule has 20 heavy (non-hydrogen) atoms. The van der Waals surface area contributed by atoms with Crippen molar-refractivity contribution in [3.63, 3.8) is 0 Å². The normalized spacial score (nSPS) is 13.2. The fourth-order valence-electron chi connectivity index (χ4n) is 2.12. The molecular formula is C13H14Cl2N4O. The molecule has 2 aromatic rings. The largest absolute Gasteiger partial charge is 0.321 e. The van der Waals surface area contributed by atoms with E-state index in [1.165, 1.54) is 0 Å². The molecule has 0 saturated heterocycles. The number of halogens is 2. The van der Waals surface area contributed by atoms with Crippen LogP contribution < -0.4 is 10.6 Å². The summed E-state index contributed by atoms with van der Waals surface area (Å²) in [6, 6.07) is 7.17. The van der Waals surface area contributed by atoms with Crippen molar-refractivity contribution in [1.29, 1.82) is 0 Å². The van der Waals surface area contributed by atoms with E-state index in [4.69, 9.17) is 11.6 Å². The molecule has 0 unspecified atom stereocenters. The van der Waals surface area contributed by atoms with Crippen molar-refractivity contribution in [2.75, 3.05) is 11.9 Å². The first-order valence-corrected chi connectivity index (χ1v) is 6.45. The van der Waals surface area contributed by atoms with Gasteiger partial charge >= 0.3 is 0 Å².